The van der Waals surface area contributed by atoms with Crippen LogP contribution >= 0.6 is 0 Å². The Hall–Kier alpha value is -2.17. The van der Waals surface area contributed by atoms with E-state index in [0.29, 0.717) is 0 Å². The third kappa shape index (κ3) is 2.87. The second-order valence-corrected chi connectivity index (χ2v) is 7.90. The van der Waals surface area contributed by atoms with Gasteiger partial charge in [0, 0.05) is 0 Å². The fraction of sp³-hybridized carbons (Fsp3) is 0.158. The van der Waals surface area contributed by atoms with Crippen molar-refractivity contribution in [2.45, 2.75) is 17.3 Å². The maximum atomic E-state index is 12.5. The number of hydrogen-bond donors (Lipinski definition) is 0. The van der Waals surface area contributed by atoms with E-state index in [1.807, 2.05) is 72.8 Å². The number of fused-ring (bicyclic) bond motifs is 1. The maximum Gasteiger partial charge on any atom is 0.190 e. The van der Waals surface area contributed by atoms with Crippen LogP contribution < -0.4 is 0 Å². The van der Waals surface area contributed by atoms with E-state index in [0.717, 1.165) is 21.9 Å². The highest BCUT2D eigenvalue weighted by atomic mass is 32.2. The lowest BCUT2D eigenvalue weighted by molar-refractivity contribution is 0.399. The molecule has 1 heterocycles. The molecule has 3 aromatic carbocycles. The van der Waals surface area contributed by atoms with E-state index in [4.69, 9.17) is 4.74 Å². The molecule has 1 aliphatic heterocycles. The smallest absolute Gasteiger partial charge is 0.190 e. The SMILES string of the molecule is O=S(=O)(Cc1ccccc1)[C@@H]1O[C@H]1c1ccc2ccccc2c1. The Morgan fingerprint density at radius 2 is 1.52 bits per heavy atom. The molecule has 0 spiro atoms. The van der Waals surface area contributed by atoms with Gasteiger partial charge in [0.05, 0.1) is 5.75 Å². The van der Waals surface area contributed by atoms with Crippen LogP contribution in [0.4, 0.5) is 0 Å². The molecule has 0 saturated carbocycles. The van der Waals surface area contributed by atoms with Gasteiger partial charge < -0.3 is 4.74 Å². The zero-order valence-electron chi connectivity index (χ0n) is 12.4. The lowest BCUT2D eigenvalue weighted by Crippen LogP contribution is -2.11. The molecule has 0 unspecified atom stereocenters. The summed E-state index contributed by atoms with van der Waals surface area (Å²) >= 11 is 0. The summed E-state index contributed by atoms with van der Waals surface area (Å²) in [6.45, 7) is 0. The van der Waals surface area contributed by atoms with E-state index in [2.05, 4.69) is 0 Å². The Kier molecular flexibility index (Phi) is 3.43. The molecule has 0 bridgehead atoms. The predicted molar refractivity (Wildman–Crippen MR) is 90.6 cm³/mol. The molecule has 4 heteroatoms. The lowest BCUT2D eigenvalue weighted by atomic mass is 10.1. The quantitative estimate of drug-likeness (QED) is 0.685. The average Bonchev–Trinajstić information content (AvgIpc) is 3.36. The molecule has 0 amide bonds. The van der Waals surface area contributed by atoms with Crippen molar-refractivity contribution in [3.8, 4) is 0 Å². The van der Waals surface area contributed by atoms with Crippen molar-refractivity contribution in [3.05, 3.63) is 83.9 Å². The summed E-state index contributed by atoms with van der Waals surface area (Å²) in [5.41, 5.74) is 0.981. The minimum atomic E-state index is -3.31. The Balaban J connectivity index is 1.56. The molecule has 1 saturated heterocycles. The van der Waals surface area contributed by atoms with Crippen molar-refractivity contribution in [2.24, 2.45) is 0 Å². The summed E-state index contributed by atoms with van der Waals surface area (Å²) in [6, 6.07) is 23.2. The topological polar surface area (TPSA) is 46.7 Å². The Morgan fingerprint density at radius 3 is 2.30 bits per heavy atom. The van der Waals surface area contributed by atoms with Crippen LogP contribution in [0.1, 0.15) is 17.2 Å². The van der Waals surface area contributed by atoms with Gasteiger partial charge >= 0.3 is 0 Å². The largest absolute Gasteiger partial charge is 0.347 e. The molecule has 4 rings (SSSR count). The summed E-state index contributed by atoms with van der Waals surface area (Å²) in [4.78, 5) is 0. The summed E-state index contributed by atoms with van der Waals surface area (Å²) < 4.78 is 30.5. The van der Waals surface area contributed by atoms with Gasteiger partial charge in [0.25, 0.3) is 0 Å². The van der Waals surface area contributed by atoms with Gasteiger partial charge in [0.15, 0.2) is 15.3 Å². The van der Waals surface area contributed by atoms with Crippen molar-refractivity contribution in [1.29, 1.82) is 0 Å². The highest BCUT2D eigenvalue weighted by molar-refractivity contribution is 7.91. The molecule has 0 aliphatic carbocycles. The maximum absolute atomic E-state index is 12.5. The standard InChI is InChI=1S/C19H16O3S/c20-23(21,13-14-6-2-1-3-7-14)19-18(22-19)17-11-10-15-8-4-5-9-16(15)12-17/h1-12,18-19H,13H2/t18-,19-/m0/s1. The van der Waals surface area contributed by atoms with Crippen molar-refractivity contribution in [2.75, 3.05) is 0 Å². The molecule has 0 radical (unpaired) electrons. The summed E-state index contributed by atoms with van der Waals surface area (Å²) in [5, 5.41) is 2.24. The molecule has 1 aliphatic rings. The Labute approximate surface area is 135 Å². The van der Waals surface area contributed by atoms with Gasteiger partial charge in [-0.05, 0) is 28.0 Å². The van der Waals surface area contributed by atoms with Crippen molar-refractivity contribution >= 4 is 20.6 Å². The van der Waals surface area contributed by atoms with Crippen LogP contribution in [0.5, 0.6) is 0 Å². The third-order valence-electron chi connectivity index (χ3n) is 4.12. The average molecular weight is 324 g/mol. The van der Waals surface area contributed by atoms with Gasteiger partial charge in [-0.2, -0.15) is 0 Å². The Bertz CT molecular complexity index is 949. The Morgan fingerprint density at radius 1 is 0.826 bits per heavy atom. The van der Waals surface area contributed by atoms with Gasteiger partial charge in [0.1, 0.15) is 6.10 Å². The fourth-order valence-corrected chi connectivity index (χ4v) is 4.53. The van der Waals surface area contributed by atoms with E-state index in [1.165, 1.54) is 0 Å². The molecule has 0 N–H and O–H groups in total. The number of rotatable bonds is 4. The van der Waals surface area contributed by atoms with E-state index >= 15 is 0 Å². The van der Waals surface area contributed by atoms with E-state index in [1.54, 1.807) is 0 Å². The molecule has 3 nitrogen and oxygen atoms in total. The van der Waals surface area contributed by atoms with Crippen molar-refractivity contribution in [3.63, 3.8) is 0 Å². The first-order valence-corrected chi connectivity index (χ1v) is 9.25. The van der Waals surface area contributed by atoms with Crippen LogP contribution in [-0.4, -0.2) is 13.9 Å². The number of epoxide rings is 1. The van der Waals surface area contributed by atoms with Crippen LogP contribution in [-0.2, 0) is 20.3 Å². The van der Waals surface area contributed by atoms with Crippen LogP contribution in [0.3, 0.4) is 0 Å². The van der Waals surface area contributed by atoms with Crippen LogP contribution in [0.25, 0.3) is 10.8 Å². The third-order valence-corrected chi connectivity index (χ3v) is 5.92. The molecule has 2 atom stereocenters. The normalized spacial score (nSPS) is 20.5. The predicted octanol–water partition coefficient (Wildman–Crippen LogP) is 3.85. The van der Waals surface area contributed by atoms with Gasteiger partial charge in [-0.25, -0.2) is 8.42 Å². The minimum Gasteiger partial charge on any atom is -0.347 e. The van der Waals surface area contributed by atoms with Gasteiger partial charge in [-0.1, -0.05) is 66.7 Å². The molecule has 23 heavy (non-hydrogen) atoms. The minimum absolute atomic E-state index is 0.0165. The zero-order chi connectivity index (χ0) is 15.9. The van der Waals surface area contributed by atoms with Gasteiger partial charge in [0.2, 0.25) is 0 Å². The lowest BCUT2D eigenvalue weighted by Gasteiger charge is -2.03. The van der Waals surface area contributed by atoms with Crippen LogP contribution in [0.15, 0.2) is 72.8 Å². The van der Waals surface area contributed by atoms with Crippen molar-refractivity contribution in [1.82, 2.24) is 0 Å². The second kappa shape index (κ2) is 5.48. The summed E-state index contributed by atoms with van der Waals surface area (Å²) in [6.07, 6.45) is -0.353. The number of benzene rings is 3. The molecule has 0 aromatic heterocycles. The zero-order valence-corrected chi connectivity index (χ0v) is 13.2. The fourth-order valence-electron chi connectivity index (χ4n) is 2.88. The number of hydrogen-bond acceptors (Lipinski definition) is 3. The summed E-state index contributed by atoms with van der Waals surface area (Å²) in [7, 11) is -3.31. The first kappa shape index (κ1) is 14.4. The van der Waals surface area contributed by atoms with Gasteiger partial charge in [-0.15, -0.1) is 0 Å². The number of ether oxygens (including phenoxy) is 1. The van der Waals surface area contributed by atoms with Crippen LogP contribution in [0.2, 0.25) is 0 Å². The molecule has 116 valence electrons. The number of sulfone groups is 1. The molecular weight excluding hydrogens is 308 g/mol. The molecule has 3 aromatic rings. The van der Waals surface area contributed by atoms with E-state index < -0.39 is 15.3 Å². The second-order valence-electron chi connectivity index (χ2n) is 5.82. The molecular formula is C19H16O3S. The molecule has 1 fully saturated rings. The monoisotopic (exact) mass is 324 g/mol. The van der Waals surface area contributed by atoms with Gasteiger partial charge in [-0.3, -0.25) is 0 Å². The van der Waals surface area contributed by atoms with Crippen LogP contribution in [0, 0.1) is 0 Å². The highest BCUT2D eigenvalue weighted by Crippen LogP contribution is 2.43. The van der Waals surface area contributed by atoms with Crippen molar-refractivity contribution < 1.29 is 13.2 Å². The summed E-state index contributed by atoms with van der Waals surface area (Å²) in [5.74, 6) is 0.0165. The van der Waals surface area contributed by atoms with E-state index in [9.17, 15) is 8.42 Å². The first-order valence-electron chi connectivity index (χ1n) is 7.53. The first-order chi connectivity index (χ1) is 11.1. The van der Waals surface area contributed by atoms with E-state index in [-0.39, 0.29) is 11.9 Å². The highest BCUT2D eigenvalue weighted by Gasteiger charge is 2.49.